The van der Waals surface area contributed by atoms with Crippen LogP contribution >= 0.6 is 11.3 Å². The molecule has 0 radical (unpaired) electrons. The van der Waals surface area contributed by atoms with Gasteiger partial charge in [-0.25, -0.2) is 9.67 Å². The first-order valence-electron chi connectivity index (χ1n) is 8.74. The summed E-state index contributed by atoms with van der Waals surface area (Å²) in [7, 11) is 0. The first kappa shape index (κ1) is 18.0. The van der Waals surface area contributed by atoms with Gasteiger partial charge in [-0.2, -0.15) is 0 Å². The summed E-state index contributed by atoms with van der Waals surface area (Å²) in [5.74, 6) is 0.320. The van der Waals surface area contributed by atoms with E-state index >= 15 is 0 Å². The molecule has 0 bridgehead atoms. The Balaban J connectivity index is 1.45. The smallest absolute Gasteiger partial charge is 0.248 e. The number of carbonyl (C=O) groups excluding carboxylic acids is 1. The lowest BCUT2D eigenvalue weighted by Crippen LogP contribution is -2.20. The molecule has 4 aromatic rings. The lowest BCUT2D eigenvalue weighted by molar-refractivity contribution is -0.116. The summed E-state index contributed by atoms with van der Waals surface area (Å²) < 4.78 is 1.48. The molecule has 140 valence electrons. The number of carbonyl (C=O) groups is 1. The summed E-state index contributed by atoms with van der Waals surface area (Å²) in [6.07, 6.45) is 0. The average Bonchev–Trinajstić information content (AvgIpc) is 3.33. The molecule has 4 rings (SSSR count). The topological polar surface area (TPSA) is 85.6 Å². The standard InChI is InChI=1S/C20H18N6OS/c1-13-3-7-15(8-4-13)17-12-28-20(21-17)22-18(27)11-26-19(23-24-25-26)16-9-5-14(2)6-10-16/h3-10,12H,11H2,1-2H3,(H,21,22,27). The third kappa shape index (κ3) is 3.96. The fraction of sp³-hybridized carbons (Fsp3) is 0.150. The number of anilines is 1. The van der Waals surface area contributed by atoms with Crippen LogP contribution in [0.1, 0.15) is 11.1 Å². The number of hydrogen-bond donors (Lipinski definition) is 1. The minimum Gasteiger partial charge on any atom is -0.300 e. The molecule has 0 aliphatic carbocycles. The molecule has 2 aromatic heterocycles. The van der Waals surface area contributed by atoms with Crippen molar-refractivity contribution in [1.29, 1.82) is 0 Å². The number of aromatic nitrogens is 5. The molecule has 0 atom stereocenters. The van der Waals surface area contributed by atoms with Crippen LogP contribution in [0.15, 0.2) is 53.9 Å². The van der Waals surface area contributed by atoms with Gasteiger partial charge in [-0.3, -0.25) is 4.79 Å². The largest absolute Gasteiger partial charge is 0.300 e. The van der Waals surface area contributed by atoms with Gasteiger partial charge in [0.15, 0.2) is 11.0 Å². The number of amides is 1. The van der Waals surface area contributed by atoms with Crippen molar-refractivity contribution in [2.45, 2.75) is 20.4 Å². The van der Waals surface area contributed by atoms with Crippen molar-refractivity contribution in [2.24, 2.45) is 0 Å². The molecule has 0 saturated heterocycles. The van der Waals surface area contributed by atoms with Gasteiger partial charge in [-0.05, 0) is 24.3 Å². The molecule has 2 aromatic carbocycles. The Morgan fingerprint density at radius 3 is 2.32 bits per heavy atom. The highest BCUT2D eigenvalue weighted by Gasteiger charge is 2.14. The quantitative estimate of drug-likeness (QED) is 0.561. The van der Waals surface area contributed by atoms with Crippen LogP contribution in [0.2, 0.25) is 0 Å². The highest BCUT2D eigenvalue weighted by molar-refractivity contribution is 7.14. The van der Waals surface area contributed by atoms with Crippen molar-refractivity contribution < 1.29 is 4.79 Å². The zero-order valence-corrected chi connectivity index (χ0v) is 16.3. The molecule has 8 heteroatoms. The second-order valence-electron chi connectivity index (χ2n) is 6.48. The third-order valence-electron chi connectivity index (χ3n) is 4.23. The highest BCUT2D eigenvalue weighted by Crippen LogP contribution is 2.25. The van der Waals surface area contributed by atoms with E-state index in [9.17, 15) is 4.79 Å². The zero-order valence-electron chi connectivity index (χ0n) is 15.5. The number of aryl methyl sites for hydroxylation is 2. The molecule has 0 saturated carbocycles. The second kappa shape index (κ2) is 7.69. The molecule has 0 fully saturated rings. The second-order valence-corrected chi connectivity index (χ2v) is 7.34. The number of nitrogens with zero attached hydrogens (tertiary/aromatic N) is 5. The number of hydrogen-bond acceptors (Lipinski definition) is 6. The number of nitrogens with one attached hydrogen (secondary N) is 1. The number of tetrazole rings is 1. The summed E-state index contributed by atoms with van der Waals surface area (Å²) in [4.78, 5) is 16.9. The molecule has 7 nitrogen and oxygen atoms in total. The molecule has 2 heterocycles. The Morgan fingerprint density at radius 2 is 1.64 bits per heavy atom. The van der Waals surface area contributed by atoms with Gasteiger partial charge in [-0.1, -0.05) is 59.7 Å². The molecular weight excluding hydrogens is 372 g/mol. The molecule has 0 aliphatic rings. The number of benzene rings is 2. The van der Waals surface area contributed by atoms with Crippen molar-refractivity contribution in [3.8, 4) is 22.6 Å². The van der Waals surface area contributed by atoms with Crippen LogP contribution in [0.25, 0.3) is 22.6 Å². The fourth-order valence-electron chi connectivity index (χ4n) is 2.70. The molecule has 0 spiro atoms. The van der Waals surface area contributed by atoms with Crippen LogP contribution < -0.4 is 5.32 Å². The summed E-state index contributed by atoms with van der Waals surface area (Å²) in [5.41, 5.74) is 5.05. The van der Waals surface area contributed by atoms with Gasteiger partial charge in [0.25, 0.3) is 0 Å². The number of rotatable bonds is 5. The number of thiazole rings is 1. The van der Waals surface area contributed by atoms with Crippen LogP contribution in [0, 0.1) is 13.8 Å². The highest BCUT2D eigenvalue weighted by atomic mass is 32.1. The van der Waals surface area contributed by atoms with E-state index < -0.39 is 0 Å². The van der Waals surface area contributed by atoms with Gasteiger partial charge < -0.3 is 5.32 Å². The Bertz CT molecular complexity index is 1100. The van der Waals surface area contributed by atoms with E-state index in [1.54, 1.807) is 0 Å². The molecule has 1 amide bonds. The van der Waals surface area contributed by atoms with Gasteiger partial charge in [0.1, 0.15) is 6.54 Å². The zero-order chi connectivity index (χ0) is 19.5. The minimum atomic E-state index is -0.231. The Hall–Kier alpha value is -3.39. The molecule has 28 heavy (non-hydrogen) atoms. The first-order valence-corrected chi connectivity index (χ1v) is 9.62. The lowest BCUT2D eigenvalue weighted by Gasteiger charge is -2.05. The van der Waals surface area contributed by atoms with Crippen LogP contribution in [-0.2, 0) is 11.3 Å². The monoisotopic (exact) mass is 390 g/mol. The summed E-state index contributed by atoms with van der Waals surface area (Å²) in [5, 5.41) is 17.0. The van der Waals surface area contributed by atoms with E-state index in [4.69, 9.17) is 0 Å². The van der Waals surface area contributed by atoms with Crippen molar-refractivity contribution in [3.63, 3.8) is 0 Å². The van der Waals surface area contributed by atoms with Crippen molar-refractivity contribution in [2.75, 3.05) is 5.32 Å². The van der Waals surface area contributed by atoms with E-state index in [0.717, 1.165) is 22.4 Å². The molecule has 0 unspecified atom stereocenters. The van der Waals surface area contributed by atoms with Crippen molar-refractivity contribution >= 4 is 22.4 Å². The maximum atomic E-state index is 12.4. The maximum Gasteiger partial charge on any atom is 0.248 e. The summed E-state index contributed by atoms with van der Waals surface area (Å²) in [6.45, 7) is 4.06. The maximum absolute atomic E-state index is 12.4. The van der Waals surface area contributed by atoms with Crippen LogP contribution in [0.4, 0.5) is 5.13 Å². The fourth-order valence-corrected chi connectivity index (χ4v) is 3.44. The van der Waals surface area contributed by atoms with Crippen molar-refractivity contribution in [1.82, 2.24) is 25.2 Å². The van der Waals surface area contributed by atoms with E-state index in [2.05, 4.69) is 25.8 Å². The van der Waals surface area contributed by atoms with Gasteiger partial charge in [0, 0.05) is 16.5 Å². The van der Waals surface area contributed by atoms with Gasteiger partial charge >= 0.3 is 0 Å². The lowest BCUT2D eigenvalue weighted by atomic mass is 10.1. The first-order chi connectivity index (χ1) is 13.6. The Labute approximate surface area is 166 Å². The summed E-state index contributed by atoms with van der Waals surface area (Å²) in [6, 6.07) is 16.0. The van der Waals surface area contributed by atoms with Gasteiger partial charge in [0.05, 0.1) is 5.69 Å². The molecule has 1 N–H and O–H groups in total. The third-order valence-corrected chi connectivity index (χ3v) is 4.99. The van der Waals surface area contributed by atoms with E-state index in [-0.39, 0.29) is 12.5 Å². The molecular formula is C20H18N6OS. The molecule has 0 aliphatic heterocycles. The summed E-state index contributed by atoms with van der Waals surface area (Å²) >= 11 is 1.39. The predicted octanol–water partition coefficient (Wildman–Crippen LogP) is 3.72. The Kier molecular flexibility index (Phi) is 4.94. The van der Waals surface area contributed by atoms with Crippen molar-refractivity contribution in [3.05, 3.63) is 65.0 Å². The Morgan fingerprint density at radius 1 is 1.00 bits per heavy atom. The van der Waals surface area contributed by atoms with E-state index in [1.807, 2.05) is 67.8 Å². The van der Waals surface area contributed by atoms with Gasteiger partial charge in [-0.15, -0.1) is 16.4 Å². The van der Waals surface area contributed by atoms with E-state index in [0.29, 0.717) is 11.0 Å². The van der Waals surface area contributed by atoms with Crippen LogP contribution in [0.3, 0.4) is 0 Å². The van der Waals surface area contributed by atoms with E-state index in [1.165, 1.54) is 21.6 Å². The normalized spacial score (nSPS) is 10.8. The van der Waals surface area contributed by atoms with Crippen LogP contribution in [0.5, 0.6) is 0 Å². The SMILES string of the molecule is Cc1ccc(-c2csc(NC(=O)Cn3nnnc3-c3ccc(C)cc3)n2)cc1. The van der Waals surface area contributed by atoms with Gasteiger partial charge in [0.2, 0.25) is 5.91 Å². The minimum absolute atomic E-state index is 0.00958. The van der Waals surface area contributed by atoms with Crippen LogP contribution in [-0.4, -0.2) is 31.1 Å². The predicted molar refractivity (Wildman–Crippen MR) is 109 cm³/mol. The average molecular weight is 390 g/mol.